The number of nitrogens with two attached hydrogens (primary N) is 1. The average Bonchev–Trinajstić information content (AvgIpc) is 2.83. The van der Waals surface area contributed by atoms with Gasteiger partial charge >= 0.3 is 0 Å². The molecule has 0 saturated heterocycles. The molecular weight excluding hydrogens is 257 g/mol. The highest BCUT2D eigenvalue weighted by Gasteiger charge is 2.54. The van der Waals surface area contributed by atoms with Crippen LogP contribution in [0.5, 0.6) is 0 Å². The van der Waals surface area contributed by atoms with E-state index in [0.717, 1.165) is 22.9 Å². The van der Waals surface area contributed by atoms with Gasteiger partial charge in [0, 0.05) is 15.4 Å². The molecule has 1 nitrogen and oxygen atoms in total. The zero-order chi connectivity index (χ0) is 11.3. The summed E-state index contributed by atoms with van der Waals surface area (Å²) in [5.74, 6) is -0.212. The third-order valence-electron chi connectivity index (χ3n) is 3.43. The molecule has 2 rings (SSSR count). The Balaban J connectivity index is 2.47. The van der Waals surface area contributed by atoms with Crippen LogP contribution in [-0.2, 0) is 5.41 Å². The number of benzene rings is 1. The molecule has 1 aliphatic rings. The van der Waals surface area contributed by atoms with E-state index in [9.17, 15) is 4.39 Å². The van der Waals surface area contributed by atoms with E-state index in [-0.39, 0.29) is 16.8 Å². The highest BCUT2D eigenvalue weighted by Crippen LogP contribution is 2.56. The molecule has 1 fully saturated rings. The molecule has 0 amide bonds. The van der Waals surface area contributed by atoms with Crippen LogP contribution in [0.3, 0.4) is 0 Å². The molecule has 2 N–H and O–H groups in total. The first-order valence-corrected chi connectivity index (χ1v) is 5.90. The summed E-state index contributed by atoms with van der Waals surface area (Å²) in [5.41, 5.74) is 7.11. The highest BCUT2D eigenvalue weighted by molar-refractivity contribution is 9.10. The Morgan fingerprint density at radius 3 is 2.40 bits per heavy atom. The van der Waals surface area contributed by atoms with Crippen molar-refractivity contribution >= 4 is 15.9 Å². The standard InChI is InChI=1S/C12H15BrFN/c1-11(2,15)12(5-6-12)9-4-3-8(14)7-10(9)13/h3-4,7H,5-6,15H2,1-2H3. The first-order chi connectivity index (χ1) is 6.87. The Morgan fingerprint density at radius 2 is 2.00 bits per heavy atom. The van der Waals surface area contributed by atoms with Gasteiger partial charge < -0.3 is 5.73 Å². The zero-order valence-electron chi connectivity index (χ0n) is 8.98. The van der Waals surface area contributed by atoms with E-state index in [1.807, 2.05) is 19.9 Å². The second-order valence-electron chi connectivity index (χ2n) is 4.93. The molecule has 0 aliphatic heterocycles. The fourth-order valence-electron chi connectivity index (χ4n) is 2.26. The fraction of sp³-hybridized carbons (Fsp3) is 0.500. The monoisotopic (exact) mass is 271 g/mol. The van der Waals surface area contributed by atoms with E-state index in [4.69, 9.17) is 5.73 Å². The van der Waals surface area contributed by atoms with Crippen molar-refractivity contribution in [3.05, 3.63) is 34.1 Å². The molecule has 15 heavy (non-hydrogen) atoms. The van der Waals surface area contributed by atoms with Gasteiger partial charge in [-0.1, -0.05) is 22.0 Å². The molecule has 3 heteroatoms. The Kier molecular flexibility index (Phi) is 2.43. The van der Waals surface area contributed by atoms with E-state index in [1.54, 1.807) is 0 Å². The minimum absolute atomic E-state index is 0.0273. The lowest BCUT2D eigenvalue weighted by atomic mass is 9.79. The molecule has 1 aromatic carbocycles. The van der Waals surface area contributed by atoms with Gasteiger partial charge in [-0.05, 0) is 44.4 Å². The van der Waals surface area contributed by atoms with E-state index in [0.29, 0.717) is 0 Å². The topological polar surface area (TPSA) is 26.0 Å². The number of rotatable bonds is 2. The second-order valence-corrected chi connectivity index (χ2v) is 5.78. The van der Waals surface area contributed by atoms with Gasteiger partial charge in [0.05, 0.1) is 0 Å². The summed E-state index contributed by atoms with van der Waals surface area (Å²) in [6, 6.07) is 4.87. The van der Waals surface area contributed by atoms with Gasteiger partial charge in [0.15, 0.2) is 0 Å². The average molecular weight is 272 g/mol. The van der Waals surface area contributed by atoms with Crippen molar-refractivity contribution in [2.45, 2.75) is 37.6 Å². The van der Waals surface area contributed by atoms with E-state index in [2.05, 4.69) is 15.9 Å². The van der Waals surface area contributed by atoms with Crippen LogP contribution in [-0.4, -0.2) is 5.54 Å². The van der Waals surface area contributed by atoms with Crippen LogP contribution in [0.4, 0.5) is 4.39 Å². The predicted molar refractivity (Wildman–Crippen MR) is 63.3 cm³/mol. The molecule has 0 spiro atoms. The molecule has 0 atom stereocenters. The first kappa shape index (κ1) is 11.1. The van der Waals surface area contributed by atoms with Crippen molar-refractivity contribution in [3.8, 4) is 0 Å². The van der Waals surface area contributed by atoms with Crippen molar-refractivity contribution in [2.75, 3.05) is 0 Å². The summed E-state index contributed by atoms with van der Waals surface area (Å²) in [5, 5.41) is 0. The van der Waals surface area contributed by atoms with Crippen molar-refractivity contribution in [1.29, 1.82) is 0 Å². The molecule has 0 bridgehead atoms. The lowest BCUT2D eigenvalue weighted by Gasteiger charge is -2.32. The molecule has 0 unspecified atom stereocenters. The van der Waals surface area contributed by atoms with Crippen LogP contribution in [0.2, 0.25) is 0 Å². The molecule has 82 valence electrons. The zero-order valence-corrected chi connectivity index (χ0v) is 10.6. The van der Waals surface area contributed by atoms with E-state index in [1.165, 1.54) is 12.1 Å². The SMILES string of the molecule is CC(C)(N)C1(c2ccc(F)cc2Br)CC1. The summed E-state index contributed by atoms with van der Waals surface area (Å²) >= 11 is 3.42. The lowest BCUT2D eigenvalue weighted by Crippen LogP contribution is -2.45. The quantitative estimate of drug-likeness (QED) is 0.877. The van der Waals surface area contributed by atoms with Gasteiger partial charge in [-0.25, -0.2) is 4.39 Å². The Labute approximate surface area is 98.0 Å². The van der Waals surface area contributed by atoms with Gasteiger partial charge in [0.2, 0.25) is 0 Å². The number of hydrogen-bond donors (Lipinski definition) is 1. The minimum Gasteiger partial charge on any atom is -0.325 e. The van der Waals surface area contributed by atoms with Crippen LogP contribution < -0.4 is 5.73 Å². The molecule has 0 heterocycles. The van der Waals surface area contributed by atoms with Crippen molar-refractivity contribution in [2.24, 2.45) is 5.73 Å². The Hall–Kier alpha value is -0.410. The Bertz CT molecular complexity index is 391. The summed E-state index contributed by atoms with van der Waals surface area (Å²) in [6.07, 6.45) is 2.17. The smallest absolute Gasteiger partial charge is 0.124 e. The summed E-state index contributed by atoms with van der Waals surface area (Å²) < 4.78 is 13.8. The number of halogens is 2. The maximum Gasteiger partial charge on any atom is 0.124 e. The van der Waals surface area contributed by atoms with Gasteiger partial charge in [-0.2, -0.15) is 0 Å². The molecule has 1 saturated carbocycles. The van der Waals surface area contributed by atoms with Crippen molar-refractivity contribution in [3.63, 3.8) is 0 Å². The predicted octanol–water partition coefficient (Wildman–Crippen LogP) is 3.36. The summed E-state index contributed by atoms with van der Waals surface area (Å²) in [4.78, 5) is 0. The van der Waals surface area contributed by atoms with Gasteiger partial charge in [-0.15, -0.1) is 0 Å². The molecule has 0 radical (unpaired) electrons. The van der Waals surface area contributed by atoms with E-state index >= 15 is 0 Å². The molecule has 1 aromatic rings. The molecule has 1 aliphatic carbocycles. The highest BCUT2D eigenvalue weighted by atomic mass is 79.9. The normalized spacial score (nSPS) is 19.0. The van der Waals surface area contributed by atoms with Crippen molar-refractivity contribution < 1.29 is 4.39 Å². The van der Waals surface area contributed by atoms with Crippen LogP contribution >= 0.6 is 15.9 Å². The van der Waals surface area contributed by atoms with Crippen LogP contribution in [0, 0.1) is 5.82 Å². The summed E-state index contributed by atoms with van der Waals surface area (Å²) in [6.45, 7) is 4.07. The van der Waals surface area contributed by atoms with Crippen LogP contribution in [0.1, 0.15) is 32.3 Å². The molecule has 0 aromatic heterocycles. The minimum atomic E-state index is -0.257. The maximum atomic E-state index is 13.0. The van der Waals surface area contributed by atoms with Crippen LogP contribution in [0.15, 0.2) is 22.7 Å². The van der Waals surface area contributed by atoms with Gasteiger partial charge in [0.25, 0.3) is 0 Å². The number of hydrogen-bond acceptors (Lipinski definition) is 1. The largest absolute Gasteiger partial charge is 0.325 e. The fourth-order valence-corrected chi connectivity index (χ4v) is 2.99. The second kappa shape index (κ2) is 3.29. The van der Waals surface area contributed by atoms with E-state index < -0.39 is 0 Å². The third-order valence-corrected chi connectivity index (χ3v) is 4.09. The lowest BCUT2D eigenvalue weighted by molar-refractivity contribution is 0.390. The van der Waals surface area contributed by atoms with Gasteiger partial charge in [0.1, 0.15) is 5.82 Å². The maximum absolute atomic E-state index is 13.0. The van der Waals surface area contributed by atoms with Crippen molar-refractivity contribution in [1.82, 2.24) is 0 Å². The first-order valence-electron chi connectivity index (χ1n) is 5.11. The summed E-state index contributed by atoms with van der Waals surface area (Å²) in [7, 11) is 0. The Morgan fingerprint density at radius 1 is 1.40 bits per heavy atom. The third kappa shape index (κ3) is 1.72. The van der Waals surface area contributed by atoms with Gasteiger partial charge in [-0.3, -0.25) is 0 Å². The molecular formula is C12H15BrFN. The van der Waals surface area contributed by atoms with Crippen LogP contribution in [0.25, 0.3) is 0 Å².